The molecule has 0 fully saturated rings. The molecule has 1 nitrogen and oxygen atoms in total. The summed E-state index contributed by atoms with van der Waals surface area (Å²) in [4.78, 5) is 0. The van der Waals surface area contributed by atoms with Crippen molar-refractivity contribution in [2.75, 3.05) is 0 Å². The van der Waals surface area contributed by atoms with Crippen LogP contribution in [0.5, 0.6) is 0 Å². The van der Waals surface area contributed by atoms with Crippen molar-refractivity contribution in [2.24, 2.45) is 5.92 Å². The van der Waals surface area contributed by atoms with Gasteiger partial charge in [-0.3, -0.25) is 0 Å². The van der Waals surface area contributed by atoms with Crippen LogP contribution in [0.4, 0.5) is 4.39 Å². The summed E-state index contributed by atoms with van der Waals surface area (Å²) in [6.45, 7) is 5.60. The van der Waals surface area contributed by atoms with Gasteiger partial charge in [0.05, 0.1) is 0 Å². The second-order valence-corrected chi connectivity index (χ2v) is 3.92. The van der Waals surface area contributed by atoms with Crippen LogP contribution >= 0.6 is 0 Å². The van der Waals surface area contributed by atoms with Gasteiger partial charge < -0.3 is 5.11 Å². The highest BCUT2D eigenvalue weighted by Gasteiger charge is 2.04. The Morgan fingerprint density at radius 1 is 1.33 bits per heavy atom. The van der Waals surface area contributed by atoms with Crippen molar-refractivity contribution in [1.82, 2.24) is 0 Å². The molecule has 1 atom stereocenters. The van der Waals surface area contributed by atoms with Crippen LogP contribution in [-0.4, -0.2) is 11.2 Å². The van der Waals surface area contributed by atoms with Crippen LogP contribution < -0.4 is 0 Å². The zero-order valence-electron chi connectivity index (χ0n) is 9.21. The quantitative estimate of drug-likeness (QED) is 0.700. The van der Waals surface area contributed by atoms with Gasteiger partial charge in [-0.25, -0.2) is 4.39 Å². The summed E-state index contributed by atoms with van der Waals surface area (Å²) in [5.41, 5.74) is 1.55. The molecule has 1 aromatic rings. The molecule has 80 valence electrons. The Hall–Kier alpha value is -1.33. The SMILES string of the molecule is Cc1cc(F)ccc1C#CC(O)C(C)C. The molecule has 15 heavy (non-hydrogen) atoms. The Morgan fingerprint density at radius 2 is 2.00 bits per heavy atom. The Balaban J connectivity index is 2.89. The lowest BCUT2D eigenvalue weighted by atomic mass is 10.1. The zero-order chi connectivity index (χ0) is 11.4. The predicted molar refractivity (Wildman–Crippen MR) is 58.9 cm³/mol. The van der Waals surface area contributed by atoms with Gasteiger partial charge in [0, 0.05) is 5.56 Å². The minimum Gasteiger partial charge on any atom is -0.380 e. The van der Waals surface area contributed by atoms with E-state index in [9.17, 15) is 9.50 Å². The molecule has 2 heteroatoms. The summed E-state index contributed by atoms with van der Waals surface area (Å²) >= 11 is 0. The van der Waals surface area contributed by atoms with E-state index in [1.807, 2.05) is 13.8 Å². The van der Waals surface area contributed by atoms with Crippen molar-refractivity contribution in [3.05, 3.63) is 35.1 Å². The molecular formula is C13H15FO. The molecule has 0 amide bonds. The lowest BCUT2D eigenvalue weighted by Gasteiger charge is -2.05. The Bertz CT molecular complexity index is 399. The van der Waals surface area contributed by atoms with Gasteiger partial charge >= 0.3 is 0 Å². The van der Waals surface area contributed by atoms with Crippen molar-refractivity contribution in [3.8, 4) is 11.8 Å². The Morgan fingerprint density at radius 3 is 2.53 bits per heavy atom. The van der Waals surface area contributed by atoms with Gasteiger partial charge in [-0.1, -0.05) is 25.7 Å². The molecule has 0 aromatic heterocycles. The molecule has 0 aliphatic carbocycles. The topological polar surface area (TPSA) is 20.2 Å². The number of hydrogen-bond donors (Lipinski definition) is 1. The number of aliphatic hydroxyl groups excluding tert-OH is 1. The third-order valence-electron chi connectivity index (χ3n) is 2.17. The van der Waals surface area contributed by atoms with Crippen molar-refractivity contribution >= 4 is 0 Å². The number of halogens is 1. The van der Waals surface area contributed by atoms with E-state index in [2.05, 4.69) is 11.8 Å². The molecule has 1 aromatic carbocycles. The molecule has 0 spiro atoms. The van der Waals surface area contributed by atoms with Crippen molar-refractivity contribution in [2.45, 2.75) is 26.9 Å². The first-order valence-corrected chi connectivity index (χ1v) is 4.96. The number of benzene rings is 1. The number of hydrogen-bond acceptors (Lipinski definition) is 1. The summed E-state index contributed by atoms with van der Waals surface area (Å²) in [6, 6.07) is 4.44. The summed E-state index contributed by atoms with van der Waals surface area (Å²) in [5, 5.41) is 9.49. The predicted octanol–water partition coefficient (Wildman–Crippen LogP) is 2.50. The fourth-order valence-corrected chi connectivity index (χ4v) is 1.09. The van der Waals surface area contributed by atoms with Crippen LogP contribution in [-0.2, 0) is 0 Å². The molecule has 0 bridgehead atoms. The van der Waals surface area contributed by atoms with E-state index in [1.54, 1.807) is 13.0 Å². The van der Waals surface area contributed by atoms with Crippen molar-refractivity contribution < 1.29 is 9.50 Å². The maximum atomic E-state index is 12.8. The summed E-state index contributed by atoms with van der Waals surface area (Å²) in [5.74, 6) is 5.44. The van der Waals surface area contributed by atoms with Crippen LogP contribution in [0.3, 0.4) is 0 Å². The summed E-state index contributed by atoms with van der Waals surface area (Å²) in [6.07, 6.45) is -0.630. The minimum atomic E-state index is -0.630. The highest BCUT2D eigenvalue weighted by atomic mass is 19.1. The van der Waals surface area contributed by atoms with E-state index >= 15 is 0 Å². The lowest BCUT2D eigenvalue weighted by Crippen LogP contribution is -2.11. The van der Waals surface area contributed by atoms with Gasteiger partial charge in [-0.05, 0) is 36.6 Å². The molecule has 1 rings (SSSR count). The third-order valence-corrected chi connectivity index (χ3v) is 2.17. The highest BCUT2D eigenvalue weighted by molar-refractivity contribution is 5.41. The van der Waals surface area contributed by atoms with Gasteiger partial charge in [0.2, 0.25) is 0 Å². The standard InChI is InChI=1S/C13H15FO/c1-9(2)13(15)7-5-11-4-6-12(14)8-10(11)3/h4,6,8-9,13,15H,1-3H3. The maximum absolute atomic E-state index is 12.8. The van der Waals surface area contributed by atoms with Gasteiger partial charge in [0.1, 0.15) is 11.9 Å². The van der Waals surface area contributed by atoms with Gasteiger partial charge in [-0.15, -0.1) is 0 Å². The molecular weight excluding hydrogens is 191 g/mol. The van der Waals surface area contributed by atoms with Crippen LogP contribution in [0.25, 0.3) is 0 Å². The molecule has 0 aliphatic heterocycles. The largest absolute Gasteiger partial charge is 0.380 e. The molecule has 0 heterocycles. The van der Waals surface area contributed by atoms with E-state index in [4.69, 9.17) is 0 Å². The molecule has 1 N–H and O–H groups in total. The fraction of sp³-hybridized carbons (Fsp3) is 0.385. The maximum Gasteiger partial charge on any atom is 0.123 e. The van der Waals surface area contributed by atoms with E-state index in [0.717, 1.165) is 11.1 Å². The zero-order valence-corrected chi connectivity index (χ0v) is 9.21. The normalized spacial score (nSPS) is 12.1. The number of rotatable bonds is 1. The third kappa shape index (κ3) is 3.38. The van der Waals surface area contributed by atoms with Crippen molar-refractivity contribution in [1.29, 1.82) is 0 Å². The van der Waals surface area contributed by atoms with Crippen molar-refractivity contribution in [3.63, 3.8) is 0 Å². The Kier molecular flexibility index (Phi) is 3.88. The first-order valence-electron chi connectivity index (χ1n) is 4.96. The van der Waals surface area contributed by atoms with Gasteiger partial charge in [0.15, 0.2) is 0 Å². The molecule has 1 unspecified atom stereocenters. The average molecular weight is 206 g/mol. The van der Waals surface area contributed by atoms with Crippen LogP contribution in [0, 0.1) is 30.5 Å². The summed E-state index contributed by atoms with van der Waals surface area (Å²) < 4.78 is 12.8. The number of aryl methyl sites for hydroxylation is 1. The molecule has 0 saturated heterocycles. The monoisotopic (exact) mass is 206 g/mol. The van der Waals surface area contributed by atoms with E-state index in [0.29, 0.717) is 0 Å². The second-order valence-electron chi connectivity index (χ2n) is 3.92. The van der Waals surface area contributed by atoms with Gasteiger partial charge in [-0.2, -0.15) is 0 Å². The molecule has 0 saturated carbocycles. The molecule has 0 radical (unpaired) electrons. The first kappa shape index (κ1) is 11.7. The fourth-order valence-electron chi connectivity index (χ4n) is 1.09. The van der Waals surface area contributed by atoms with Crippen LogP contribution in [0.15, 0.2) is 18.2 Å². The highest BCUT2D eigenvalue weighted by Crippen LogP contribution is 2.09. The van der Waals surface area contributed by atoms with Crippen LogP contribution in [0.1, 0.15) is 25.0 Å². The van der Waals surface area contributed by atoms with Crippen LogP contribution in [0.2, 0.25) is 0 Å². The smallest absolute Gasteiger partial charge is 0.123 e. The Labute approximate surface area is 89.9 Å². The number of aliphatic hydroxyl groups is 1. The first-order chi connectivity index (χ1) is 7.00. The lowest BCUT2D eigenvalue weighted by molar-refractivity contribution is 0.181. The molecule has 0 aliphatic rings. The van der Waals surface area contributed by atoms with E-state index in [1.165, 1.54) is 12.1 Å². The average Bonchev–Trinajstić information content (AvgIpc) is 2.15. The van der Waals surface area contributed by atoms with E-state index in [-0.39, 0.29) is 11.7 Å². The summed E-state index contributed by atoms with van der Waals surface area (Å²) in [7, 11) is 0. The minimum absolute atomic E-state index is 0.109. The van der Waals surface area contributed by atoms with E-state index < -0.39 is 6.10 Å². The van der Waals surface area contributed by atoms with Gasteiger partial charge in [0.25, 0.3) is 0 Å². The second kappa shape index (κ2) is 4.95.